The molecule has 35 heavy (non-hydrogen) atoms. The Morgan fingerprint density at radius 2 is 1.71 bits per heavy atom. The van der Waals surface area contributed by atoms with Crippen molar-refractivity contribution in [2.45, 2.75) is 51.4 Å². The van der Waals surface area contributed by atoms with E-state index < -0.39 is 24.1 Å². The number of rotatable bonds is 8. The summed E-state index contributed by atoms with van der Waals surface area (Å²) in [6.07, 6.45) is -4.84. The van der Waals surface area contributed by atoms with Crippen molar-refractivity contribution in [2.75, 3.05) is 0 Å². The molecule has 0 spiro atoms. The van der Waals surface area contributed by atoms with Crippen LogP contribution in [0.2, 0.25) is 0 Å². The van der Waals surface area contributed by atoms with Crippen molar-refractivity contribution in [3.8, 4) is 17.0 Å². The number of esters is 1. The minimum absolute atomic E-state index is 0.131. The summed E-state index contributed by atoms with van der Waals surface area (Å²) in [5, 5.41) is 2.79. The zero-order valence-electron chi connectivity index (χ0n) is 19.5. The first-order chi connectivity index (χ1) is 16.5. The van der Waals surface area contributed by atoms with E-state index in [-0.39, 0.29) is 24.1 Å². The zero-order chi connectivity index (χ0) is 25.8. The highest BCUT2D eigenvalue weighted by atomic mass is 19.4. The number of ether oxygens (including phenoxy) is 1. The molecule has 7 nitrogen and oxygen atoms in total. The number of nitrogens with two attached hydrogens (primary N) is 1. The van der Waals surface area contributed by atoms with Gasteiger partial charge in [-0.3, -0.25) is 4.79 Å². The minimum atomic E-state index is -5.11. The summed E-state index contributed by atoms with van der Waals surface area (Å²) in [6, 6.07) is 14.0. The first-order valence-electron chi connectivity index (χ1n) is 11.0. The zero-order valence-corrected chi connectivity index (χ0v) is 19.5. The molecule has 0 saturated carbocycles. The molecular weight excluding hydrogens is 461 g/mol. The highest BCUT2D eigenvalue weighted by molar-refractivity contribution is 5.83. The number of aromatic nitrogens is 2. The van der Waals surface area contributed by atoms with Crippen molar-refractivity contribution in [3.05, 3.63) is 71.7 Å². The second kappa shape index (κ2) is 10.7. The smallest absolute Gasteiger partial charge is 0.420 e. The molecule has 2 unspecified atom stereocenters. The monoisotopic (exact) mass is 488 g/mol. The largest absolute Gasteiger partial charge is 0.491 e. The molecule has 2 atom stereocenters. The lowest BCUT2D eigenvalue weighted by Gasteiger charge is -2.24. The third kappa shape index (κ3) is 6.69. The minimum Gasteiger partial charge on any atom is -0.420 e. The van der Waals surface area contributed by atoms with E-state index in [1.807, 2.05) is 51.1 Å². The number of aromatic amines is 1. The molecule has 3 rings (SSSR count). The number of carbonyl (C=O) groups is 2. The molecule has 1 aromatic heterocycles. The summed E-state index contributed by atoms with van der Waals surface area (Å²) >= 11 is 0. The van der Waals surface area contributed by atoms with Gasteiger partial charge in [-0.05, 0) is 38.5 Å². The molecule has 0 fully saturated rings. The van der Waals surface area contributed by atoms with Crippen LogP contribution in [0.1, 0.15) is 36.8 Å². The maximum absolute atomic E-state index is 12.7. The number of amides is 1. The van der Waals surface area contributed by atoms with Gasteiger partial charge >= 0.3 is 12.1 Å². The molecule has 186 valence electrons. The van der Waals surface area contributed by atoms with Gasteiger partial charge in [0.1, 0.15) is 11.6 Å². The first kappa shape index (κ1) is 26.0. The normalized spacial score (nSPS) is 13.4. The van der Waals surface area contributed by atoms with E-state index in [2.05, 4.69) is 15.0 Å². The third-order valence-electron chi connectivity index (χ3n) is 5.31. The third-order valence-corrected chi connectivity index (χ3v) is 5.31. The van der Waals surface area contributed by atoms with Crippen LogP contribution >= 0.6 is 0 Å². The predicted molar refractivity (Wildman–Crippen MR) is 125 cm³/mol. The lowest BCUT2D eigenvalue weighted by atomic mass is 9.88. The Kier molecular flexibility index (Phi) is 7.96. The number of nitrogens with zero attached hydrogens (tertiary/aromatic N) is 1. The number of hydrogen-bond donors (Lipinski definition) is 3. The lowest BCUT2D eigenvalue weighted by Crippen LogP contribution is -2.47. The van der Waals surface area contributed by atoms with E-state index in [1.54, 1.807) is 0 Å². The van der Waals surface area contributed by atoms with Crippen LogP contribution in [0.4, 0.5) is 13.2 Å². The van der Waals surface area contributed by atoms with Crippen molar-refractivity contribution in [2.24, 2.45) is 5.73 Å². The molecular formula is C25H27F3N4O3. The molecule has 4 N–H and O–H groups in total. The Hall–Kier alpha value is -3.66. The van der Waals surface area contributed by atoms with Crippen molar-refractivity contribution < 1.29 is 27.5 Å². The van der Waals surface area contributed by atoms with Gasteiger partial charge in [0.15, 0.2) is 0 Å². The molecule has 0 aliphatic heterocycles. The topological polar surface area (TPSA) is 110 Å². The average Bonchev–Trinajstić information content (AvgIpc) is 3.17. The highest BCUT2D eigenvalue weighted by Crippen LogP contribution is 2.28. The van der Waals surface area contributed by atoms with Gasteiger partial charge < -0.3 is 20.8 Å². The number of nitrogens with one attached hydrogen (secondary N) is 2. The van der Waals surface area contributed by atoms with Gasteiger partial charge in [-0.1, -0.05) is 42.5 Å². The Balaban J connectivity index is 1.89. The number of H-pyrrole nitrogens is 1. The number of aryl methyl sites for hydroxylation is 1. The fraction of sp³-hybridized carbons (Fsp3) is 0.320. The van der Waals surface area contributed by atoms with Crippen LogP contribution in [0, 0.1) is 6.92 Å². The van der Waals surface area contributed by atoms with E-state index in [0.29, 0.717) is 11.4 Å². The van der Waals surface area contributed by atoms with Crippen LogP contribution in [0.5, 0.6) is 5.75 Å². The van der Waals surface area contributed by atoms with E-state index in [1.165, 1.54) is 24.3 Å². The quantitative estimate of drug-likeness (QED) is 0.328. The first-order valence-corrected chi connectivity index (χ1v) is 11.0. The Bertz CT molecular complexity index is 1160. The number of hydrogen-bond acceptors (Lipinski definition) is 5. The second-order valence-corrected chi connectivity index (χ2v) is 8.48. The number of carbonyl (C=O) groups excluding carboxylic acids is 2. The van der Waals surface area contributed by atoms with E-state index in [9.17, 15) is 22.8 Å². The fourth-order valence-electron chi connectivity index (χ4n) is 3.67. The average molecular weight is 489 g/mol. The molecule has 0 radical (unpaired) electrons. The van der Waals surface area contributed by atoms with Gasteiger partial charge in [0, 0.05) is 29.6 Å². The van der Waals surface area contributed by atoms with Gasteiger partial charge in [0.05, 0.1) is 11.7 Å². The second-order valence-electron chi connectivity index (χ2n) is 8.48. The summed E-state index contributed by atoms with van der Waals surface area (Å²) in [6.45, 7) is 5.51. The molecule has 1 heterocycles. The van der Waals surface area contributed by atoms with Gasteiger partial charge in [0.2, 0.25) is 5.91 Å². The van der Waals surface area contributed by atoms with Gasteiger partial charge in [-0.25, -0.2) is 9.78 Å². The lowest BCUT2D eigenvalue weighted by molar-refractivity contribution is -0.189. The standard InChI is InChI=1S/C25H27F3N4O3/c1-14(2)30-23(33)21(29)19(16-9-11-18(12-10-16)35-24(34)25(26,27)28)13-20-31-15(3)22(32-20)17-7-5-4-6-8-17/h4-12,14,19,21H,13,29H2,1-3H3,(H,30,33)(H,31,32). The molecule has 0 saturated heterocycles. The van der Waals surface area contributed by atoms with Crippen LogP contribution in [0.15, 0.2) is 54.6 Å². The molecule has 3 aromatic rings. The highest BCUT2D eigenvalue weighted by Gasteiger charge is 2.41. The Labute approximate surface area is 200 Å². The summed E-state index contributed by atoms with van der Waals surface area (Å²) < 4.78 is 41.9. The van der Waals surface area contributed by atoms with Crippen molar-refractivity contribution in [3.63, 3.8) is 0 Å². The van der Waals surface area contributed by atoms with Gasteiger partial charge in [-0.15, -0.1) is 0 Å². The fourth-order valence-corrected chi connectivity index (χ4v) is 3.67. The van der Waals surface area contributed by atoms with E-state index in [4.69, 9.17) is 10.7 Å². The maximum atomic E-state index is 12.7. The Morgan fingerprint density at radius 1 is 1.09 bits per heavy atom. The van der Waals surface area contributed by atoms with Crippen molar-refractivity contribution >= 4 is 11.9 Å². The van der Waals surface area contributed by atoms with Crippen LogP contribution in [-0.2, 0) is 16.0 Å². The summed E-state index contributed by atoms with van der Waals surface area (Å²) in [5.41, 5.74) is 9.47. The van der Waals surface area contributed by atoms with Crippen molar-refractivity contribution in [1.82, 2.24) is 15.3 Å². The van der Waals surface area contributed by atoms with E-state index >= 15 is 0 Å². The maximum Gasteiger partial charge on any atom is 0.491 e. The van der Waals surface area contributed by atoms with Gasteiger partial charge in [0.25, 0.3) is 0 Å². The number of benzene rings is 2. The molecule has 1 amide bonds. The van der Waals surface area contributed by atoms with Gasteiger partial charge in [-0.2, -0.15) is 13.2 Å². The molecule has 0 bridgehead atoms. The Morgan fingerprint density at radius 3 is 2.29 bits per heavy atom. The SMILES string of the molecule is Cc1[nH]c(CC(c2ccc(OC(=O)C(F)(F)F)cc2)C(N)C(=O)NC(C)C)nc1-c1ccccc1. The molecule has 2 aromatic carbocycles. The van der Waals surface area contributed by atoms with E-state index in [0.717, 1.165) is 17.0 Å². The summed E-state index contributed by atoms with van der Waals surface area (Å²) in [5.74, 6) is -2.91. The van der Waals surface area contributed by atoms with Crippen LogP contribution in [0.3, 0.4) is 0 Å². The van der Waals surface area contributed by atoms with Crippen LogP contribution in [-0.4, -0.2) is 40.1 Å². The number of halogens is 3. The summed E-state index contributed by atoms with van der Waals surface area (Å²) in [4.78, 5) is 31.8. The molecule has 10 heteroatoms. The van der Waals surface area contributed by atoms with Crippen LogP contribution < -0.4 is 15.8 Å². The molecule has 0 aliphatic carbocycles. The van der Waals surface area contributed by atoms with Crippen LogP contribution in [0.25, 0.3) is 11.3 Å². The number of imidazole rings is 1. The number of alkyl halides is 3. The predicted octanol–water partition coefficient (Wildman–Crippen LogP) is 4.03. The summed E-state index contributed by atoms with van der Waals surface area (Å²) in [7, 11) is 0. The molecule has 0 aliphatic rings. The van der Waals surface area contributed by atoms with Crippen molar-refractivity contribution in [1.29, 1.82) is 0 Å².